The van der Waals surface area contributed by atoms with Crippen LogP contribution in [0.25, 0.3) is 0 Å². The predicted octanol–water partition coefficient (Wildman–Crippen LogP) is 2.48. The lowest BCUT2D eigenvalue weighted by Gasteiger charge is -2.43. The highest BCUT2D eigenvalue weighted by atomic mass is 16.5. The Morgan fingerprint density at radius 3 is 2.44 bits per heavy atom. The summed E-state index contributed by atoms with van der Waals surface area (Å²) in [6.45, 7) is 6.01. The van der Waals surface area contributed by atoms with Crippen molar-refractivity contribution < 1.29 is 14.3 Å². The normalized spacial score (nSPS) is 21.9. The van der Waals surface area contributed by atoms with E-state index in [0.29, 0.717) is 32.0 Å². The molecule has 1 atom stereocenters. The highest BCUT2D eigenvalue weighted by Crippen LogP contribution is 2.46. The van der Waals surface area contributed by atoms with E-state index < -0.39 is 5.41 Å². The second-order valence-corrected chi connectivity index (χ2v) is 7.80. The summed E-state index contributed by atoms with van der Waals surface area (Å²) >= 11 is 0. The van der Waals surface area contributed by atoms with Crippen LogP contribution in [0.5, 0.6) is 5.75 Å². The first kappa shape index (κ1) is 17.8. The number of carbonyl (C=O) groups is 2. The second kappa shape index (κ2) is 7.06. The fraction of sp³-hybridized carbons (Fsp3) is 0.600. The third-order valence-corrected chi connectivity index (χ3v) is 5.48. The summed E-state index contributed by atoms with van der Waals surface area (Å²) in [5.41, 5.74) is 6.03. The molecule has 2 amide bonds. The molecule has 2 fully saturated rings. The molecule has 5 heteroatoms. The van der Waals surface area contributed by atoms with E-state index >= 15 is 0 Å². The second-order valence-electron chi connectivity index (χ2n) is 7.80. The van der Waals surface area contributed by atoms with Crippen LogP contribution in [-0.2, 0) is 15.0 Å². The molecule has 1 aliphatic carbocycles. The predicted molar refractivity (Wildman–Crippen MR) is 96.2 cm³/mol. The summed E-state index contributed by atoms with van der Waals surface area (Å²) < 4.78 is 5.74. The Kier molecular flexibility index (Phi) is 5.02. The van der Waals surface area contributed by atoms with E-state index in [1.165, 1.54) is 0 Å². The van der Waals surface area contributed by atoms with Gasteiger partial charge in [-0.2, -0.15) is 0 Å². The molecule has 1 unspecified atom stereocenters. The molecule has 0 radical (unpaired) electrons. The Hall–Kier alpha value is -2.04. The van der Waals surface area contributed by atoms with Crippen molar-refractivity contribution in [1.82, 2.24) is 4.90 Å². The number of primary amides is 1. The fourth-order valence-electron chi connectivity index (χ4n) is 3.77. The molecule has 1 aliphatic heterocycles. The monoisotopic (exact) mass is 344 g/mol. The Morgan fingerprint density at radius 1 is 1.28 bits per heavy atom. The Bertz CT molecular complexity index is 635. The van der Waals surface area contributed by atoms with Gasteiger partial charge in [0.25, 0.3) is 0 Å². The van der Waals surface area contributed by atoms with E-state index in [4.69, 9.17) is 10.5 Å². The molecular weight excluding hydrogens is 316 g/mol. The molecule has 0 bridgehead atoms. The van der Waals surface area contributed by atoms with Gasteiger partial charge in [-0.05, 0) is 42.9 Å². The summed E-state index contributed by atoms with van der Waals surface area (Å²) in [5, 5.41) is 0. The van der Waals surface area contributed by atoms with Gasteiger partial charge >= 0.3 is 0 Å². The summed E-state index contributed by atoms with van der Waals surface area (Å²) in [5.74, 6) is 0.970. The van der Waals surface area contributed by atoms with E-state index in [-0.39, 0.29) is 17.7 Å². The maximum Gasteiger partial charge on any atom is 0.233 e. The summed E-state index contributed by atoms with van der Waals surface area (Å²) in [4.78, 5) is 26.4. The summed E-state index contributed by atoms with van der Waals surface area (Å²) in [6.07, 6.45) is 3.48. The lowest BCUT2D eigenvalue weighted by Crippen LogP contribution is -2.50. The number of rotatable bonds is 6. The highest BCUT2D eigenvalue weighted by Gasteiger charge is 2.49. The van der Waals surface area contributed by atoms with Gasteiger partial charge < -0.3 is 15.4 Å². The largest absolute Gasteiger partial charge is 0.493 e. The van der Waals surface area contributed by atoms with E-state index in [0.717, 1.165) is 30.6 Å². The minimum Gasteiger partial charge on any atom is -0.493 e. The number of carbonyl (C=O) groups excluding carboxylic acids is 2. The van der Waals surface area contributed by atoms with Crippen LogP contribution in [0.2, 0.25) is 0 Å². The standard InChI is InChI=1S/C20H28N2O3/c1-14(2)13-25-17-6-4-16(5-7-17)20(9-3-10-20)19(24)22-11-8-15(12-22)18(21)23/h4-7,14-15H,3,8-13H2,1-2H3,(H2,21,23). The number of ether oxygens (including phenoxy) is 1. The number of hydrogen-bond acceptors (Lipinski definition) is 3. The molecule has 1 saturated heterocycles. The quantitative estimate of drug-likeness (QED) is 0.862. The molecule has 1 aromatic carbocycles. The lowest BCUT2D eigenvalue weighted by atomic mass is 9.63. The maximum absolute atomic E-state index is 13.2. The Labute approximate surface area is 149 Å². The molecule has 2 N–H and O–H groups in total. The molecule has 136 valence electrons. The van der Waals surface area contributed by atoms with Crippen LogP contribution in [0.1, 0.15) is 45.1 Å². The molecule has 0 spiro atoms. The van der Waals surface area contributed by atoms with Crippen molar-refractivity contribution >= 4 is 11.8 Å². The number of nitrogens with two attached hydrogens (primary N) is 1. The van der Waals surface area contributed by atoms with E-state index in [9.17, 15) is 9.59 Å². The molecule has 5 nitrogen and oxygen atoms in total. The van der Waals surface area contributed by atoms with Crippen molar-refractivity contribution in [2.24, 2.45) is 17.6 Å². The minimum absolute atomic E-state index is 0.151. The van der Waals surface area contributed by atoms with Gasteiger partial charge in [0.15, 0.2) is 0 Å². The summed E-state index contributed by atoms with van der Waals surface area (Å²) in [7, 11) is 0. The molecule has 1 heterocycles. The molecule has 3 rings (SSSR count). The van der Waals surface area contributed by atoms with Crippen LogP contribution < -0.4 is 10.5 Å². The first-order valence-electron chi connectivity index (χ1n) is 9.24. The number of likely N-dealkylation sites (tertiary alicyclic amines) is 1. The lowest BCUT2D eigenvalue weighted by molar-refractivity contribution is -0.140. The SMILES string of the molecule is CC(C)COc1ccc(C2(C(=O)N3CCC(C(N)=O)C3)CCC2)cc1. The molecule has 1 saturated carbocycles. The molecule has 1 aromatic rings. The van der Waals surface area contributed by atoms with Crippen molar-refractivity contribution in [3.8, 4) is 5.75 Å². The van der Waals surface area contributed by atoms with E-state index in [1.54, 1.807) is 0 Å². The Morgan fingerprint density at radius 2 is 1.96 bits per heavy atom. The van der Waals surface area contributed by atoms with E-state index in [2.05, 4.69) is 13.8 Å². The fourth-order valence-corrected chi connectivity index (χ4v) is 3.77. The highest BCUT2D eigenvalue weighted by molar-refractivity contribution is 5.90. The van der Waals surface area contributed by atoms with Crippen molar-refractivity contribution in [1.29, 1.82) is 0 Å². The molecule has 0 aromatic heterocycles. The first-order chi connectivity index (χ1) is 11.9. The van der Waals surface area contributed by atoms with Gasteiger partial charge in [0, 0.05) is 13.1 Å². The van der Waals surface area contributed by atoms with Gasteiger partial charge in [0.1, 0.15) is 5.75 Å². The van der Waals surface area contributed by atoms with Crippen molar-refractivity contribution in [3.63, 3.8) is 0 Å². The average Bonchev–Trinajstić information content (AvgIpc) is 3.03. The van der Waals surface area contributed by atoms with Crippen molar-refractivity contribution in [2.45, 2.75) is 44.9 Å². The zero-order valence-electron chi connectivity index (χ0n) is 15.2. The van der Waals surface area contributed by atoms with Gasteiger partial charge in [-0.25, -0.2) is 0 Å². The van der Waals surface area contributed by atoms with Crippen LogP contribution in [0, 0.1) is 11.8 Å². The first-order valence-corrected chi connectivity index (χ1v) is 9.24. The maximum atomic E-state index is 13.2. The number of amides is 2. The van der Waals surface area contributed by atoms with Crippen LogP contribution in [0.15, 0.2) is 24.3 Å². The minimum atomic E-state index is -0.427. The molecular formula is C20H28N2O3. The Balaban J connectivity index is 1.72. The van der Waals surface area contributed by atoms with Crippen LogP contribution >= 0.6 is 0 Å². The third kappa shape index (κ3) is 3.51. The van der Waals surface area contributed by atoms with Crippen molar-refractivity contribution in [2.75, 3.05) is 19.7 Å². The van der Waals surface area contributed by atoms with Crippen molar-refractivity contribution in [3.05, 3.63) is 29.8 Å². The zero-order chi connectivity index (χ0) is 18.0. The third-order valence-electron chi connectivity index (χ3n) is 5.48. The average molecular weight is 344 g/mol. The summed E-state index contributed by atoms with van der Waals surface area (Å²) in [6, 6.07) is 7.96. The van der Waals surface area contributed by atoms with Gasteiger partial charge in [-0.1, -0.05) is 32.4 Å². The van der Waals surface area contributed by atoms with Gasteiger partial charge in [0.2, 0.25) is 11.8 Å². The van der Waals surface area contributed by atoms with Crippen LogP contribution in [0.4, 0.5) is 0 Å². The number of hydrogen-bond donors (Lipinski definition) is 1. The topological polar surface area (TPSA) is 72.6 Å². The van der Waals surface area contributed by atoms with Crippen LogP contribution in [-0.4, -0.2) is 36.4 Å². The van der Waals surface area contributed by atoms with Gasteiger partial charge in [0.05, 0.1) is 17.9 Å². The van der Waals surface area contributed by atoms with E-state index in [1.807, 2.05) is 29.2 Å². The van der Waals surface area contributed by atoms with Crippen LogP contribution in [0.3, 0.4) is 0 Å². The molecule has 25 heavy (non-hydrogen) atoms. The van der Waals surface area contributed by atoms with Gasteiger partial charge in [-0.15, -0.1) is 0 Å². The smallest absolute Gasteiger partial charge is 0.233 e. The number of benzene rings is 1. The van der Waals surface area contributed by atoms with Gasteiger partial charge in [-0.3, -0.25) is 9.59 Å². The number of nitrogens with zero attached hydrogens (tertiary/aromatic N) is 1. The zero-order valence-corrected chi connectivity index (χ0v) is 15.2. The molecule has 2 aliphatic rings.